The summed E-state index contributed by atoms with van der Waals surface area (Å²) in [6.45, 7) is 1.30. The van der Waals surface area contributed by atoms with E-state index in [9.17, 15) is 9.59 Å². The van der Waals surface area contributed by atoms with Crippen LogP contribution < -0.4 is 5.73 Å². The van der Waals surface area contributed by atoms with E-state index in [-0.39, 0.29) is 12.2 Å². The van der Waals surface area contributed by atoms with Crippen LogP contribution in [-0.4, -0.2) is 18.1 Å². The van der Waals surface area contributed by atoms with Crippen LogP contribution in [0.5, 0.6) is 0 Å². The summed E-state index contributed by atoms with van der Waals surface area (Å²) in [4.78, 5) is 20.3. The van der Waals surface area contributed by atoms with Crippen LogP contribution in [0.1, 0.15) is 14.7 Å². The molecule has 0 rings (SSSR count). The lowest BCUT2D eigenvalue weighted by Gasteiger charge is -1.98. The predicted molar refractivity (Wildman–Crippen MR) is 29.3 cm³/mol. The highest BCUT2D eigenvalue weighted by atomic mass is 16.1. The minimum atomic E-state index is -0.794. The van der Waals surface area contributed by atoms with Gasteiger partial charge >= 0.3 is 0 Å². The minimum absolute atomic E-state index is 0.171. The fourth-order valence-corrected chi connectivity index (χ4v) is 0.234. The van der Waals surface area contributed by atoms with E-state index in [4.69, 9.17) is 7.10 Å². The molecule has 0 aromatic rings. The van der Waals surface area contributed by atoms with Crippen LogP contribution in [0.25, 0.3) is 0 Å². The van der Waals surface area contributed by atoms with E-state index in [0.29, 0.717) is 0 Å². The van der Waals surface area contributed by atoms with Gasteiger partial charge in [0.05, 0.1) is 6.04 Å². The number of hydrogen-bond donors (Lipinski definition) is 1. The van der Waals surface area contributed by atoms with Crippen LogP contribution >= 0.6 is 0 Å². The Morgan fingerprint density at radius 2 is 2.62 bits per heavy atom. The van der Waals surface area contributed by atoms with Crippen LogP contribution in [0, 0.1) is 0 Å². The molecule has 0 spiro atoms. The summed E-state index contributed by atoms with van der Waals surface area (Å²) in [5.74, 6) is -0.254. The summed E-state index contributed by atoms with van der Waals surface area (Å²) in [5, 5.41) is 0. The summed E-state index contributed by atoms with van der Waals surface area (Å²) in [6, 6.07) is -0.782. The first-order valence-corrected chi connectivity index (χ1v) is 2.29. The molecule has 0 aliphatic rings. The van der Waals surface area contributed by atoms with Crippen molar-refractivity contribution in [3.63, 3.8) is 0 Å². The lowest BCUT2D eigenvalue weighted by atomic mass is 10.2. The van der Waals surface area contributed by atoms with Gasteiger partial charge < -0.3 is 10.5 Å². The molecule has 0 saturated carbocycles. The molecule has 0 fully saturated rings. The second-order valence-electron chi connectivity index (χ2n) is 1.57. The molecule has 0 heterocycles. The molecule has 0 aliphatic carbocycles. The van der Waals surface area contributed by atoms with E-state index in [1.165, 1.54) is 6.92 Å². The SMILES string of the molecule is [2H]C(=O)CC(N)C(C)=O. The smallest absolute Gasteiger partial charge is 0.146 e. The Bertz CT molecular complexity index is 135. The predicted octanol–water partition coefficient (Wildman–Crippen LogP) is -0.508. The van der Waals surface area contributed by atoms with Crippen molar-refractivity contribution in [2.24, 2.45) is 5.73 Å². The number of carbonyl (C=O) groups is 2. The van der Waals surface area contributed by atoms with Gasteiger partial charge in [0.15, 0.2) is 0 Å². The number of ketones is 1. The Morgan fingerprint density at radius 3 is 2.75 bits per heavy atom. The van der Waals surface area contributed by atoms with Gasteiger partial charge in [-0.15, -0.1) is 0 Å². The van der Waals surface area contributed by atoms with Gasteiger partial charge in [-0.25, -0.2) is 0 Å². The molecule has 0 aromatic carbocycles. The Labute approximate surface area is 49.3 Å². The largest absolute Gasteiger partial charge is 0.321 e. The zero-order chi connectivity index (χ0) is 7.44. The van der Waals surface area contributed by atoms with Crippen molar-refractivity contribution in [2.75, 3.05) is 0 Å². The average molecular weight is 116 g/mol. The van der Waals surface area contributed by atoms with Gasteiger partial charge in [-0.1, -0.05) is 0 Å². The van der Waals surface area contributed by atoms with Gasteiger partial charge in [0.2, 0.25) is 0 Å². The fraction of sp³-hybridized carbons (Fsp3) is 0.600. The quantitative estimate of drug-likeness (QED) is 0.505. The highest BCUT2D eigenvalue weighted by Crippen LogP contribution is 1.83. The third-order valence-corrected chi connectivity index (χ3v) is 0.825. The van der Waals surface area contributed by atoms with Crippen molar-refractivity contribution in [3.05, 3.63) is 0 Å². The first-order valence-electron chi connectivity index (χ1n) is 2.79. The Morgan fingerprint density at radius 1 is 2.12 bits per heavy atom. The number of rotatable bonds is 3. The van der Waals surface area contributed by atoms with Gasteiger partial charge in [-0.2, -0.15) is 0 Å². The van der Waals surface area contributed by atoms with Crippen molar-refractivity contribution < 1.29 is 11.0 Å². The summed E-state index contributed by atoms with van der Waals surface area (Å²) < 4.78 is 6.43. The normalized spacial score (nSPS) is 14.5. The maximum Gasteiger partial charge on any atom is 0.146 e. The molecule has 0 saturated heterocycles. The molecular weight excluding hydrogens is 106 g/mol. The van der Waals surface area contributed by atoms with E-state index in [1.807, 2.05) is 0 Å². The van der Waals surface area contributed by atoms with Crippen molar-refractivity contribution in [3.8, 4) is 0 Å². The van der Waals surface area contributed by atoms with Gasteiger partial charge in [-0.3, -0.25) is 4.79 Å². The molecular formula is C5H9NO2. The first-order chi connectivity index (χ1) is 4.04. The maximum absolute atomic E-state index is 10.3. The van der Waals surface area contributed by atoms with Crippen molar-refractivity contribution in [1.29, 1.82) is 0 Å². The molecule has 0 radical (unpaired) electrons. The summed E-state index contributed by atoms with van der Waals surface area (Å²) in [7, 11) is 0. The van der Waals surface area contributed by atoms with E-state index >= 15 is 0 Å². The number of hydrogen-bond acceptors (Lipinski definition) is 3. The van der Waals surface area contributed by atoms with E-state index in [0.717, 1.165) is 0 Å². The first kappa shape index (κ1) is 5.44. The van der Waals surface area contributed by atoms with E-state index < -0.39 is 12.3 Å². The molecule has 8 heavy (non-hydrogen) atoms. The van der Waals surface area contributed by atoms with Crippen LogP contribution in [0.3, 0.4) is 0 Å². The Kier molecular flexibility index (Phi) is 2.26. The van der Waals surface area contributed by atoms with Crippen LogP contribution in [0.15, 0.2) is 0 Å². The van der Waals surface area contributed by atoms with Gasteiger partial charge in [0.25, 0.3) is 0 Å². The van der Waals surface area contributed by atoms with Crippen molar-refractivity contribution >= 4 is 12.0 Å². The fourth-order valence-electron chi connectivity index (χ4n) is 0.234. The van der Waals surface area contributed by atoms with Gasteiger partial charge in [0, 0.05) is 6.42 Å². The third kappa shape index (κ3) is 2.47. The number of Topliss-reactive ketones (excluding diaryl/α,β-unsaturated/α-hetero) is 1. The molecule has 3 nitrogen and oxygen atoms in total. The maximum atomic E-state index is 10.3. The highest BCUT2D eigenvalue weighted by Gasteiger charge is 2.04. The zero-order valence-corrected chi connectivity index (χ0v) is 4.68. The summed E-state index contributed by atoms with van der Waals surface area (Å²) >= 11 is 0. The van der Waals surface area contributed by atoms with Gasteiger partial charge in [-0.05, 0) is 6.92 Å². The molecule has 0 amide bonds. The molecule has 46 valence electrons. The monoisotopic (exact) mass is 116 g/mol. The summed E-state index contributed by atoms with van der Waals surface area (Å²) in [5.41, 5.74) is 5.13. The molecule has 1 atom stereocenters. The minimum Gasteiger partial charge on any atom is -0.321 e. The van der Waals surface area contributed by atoms with Crippen molar-refractivity contribution in [1.82, 2.24) is 0 Å². The Hall–Kier alpha value is -0.700. The van der Waals surface area contributed by atoms with Gasteiger partial charge in [0.1, 0.15) is 13.4 Å². The molecule has 1 unspecified atom stereocenters. The third-order valence-electron chi connectivity index (χ3n) is 0.825. The average Bonchev–Trinajstić information content (AvgIpc) is 1.63. The number of carbonyl (C=O) groups excluding carboxylic acids is 2. The molecule has 2 N–H and O–H groups in total. The van der Waals surface area contributed by atoms with Crippen LogP contribution in [-0.2, 0) is 9.59 Å². The van der Waals surface area contributed by atoms with Crippen LogP contribution in [0.2, 0.25) is 0 Å². The molecule has 0 aliphatic heterocycles. The molecule has 0 bridgehead atoms. The van der Waals surface area contributed by atoms with Crippen molar-refractivity contribution in [2.45, 2.75) is 19.4 Å². The second kappa shape index (κ2) is 3.32. The standard InChI is InChI=1S/C5H9NO2/c1-4(8)5(6)2-3-7/h3,5H,2,6H2,1H3/i3D. The lowest BCUT2D eigenvalue weighted by Crippen LogP contribution is -2.28. The molecule has 3 heteroatoms. The zero-order valence-electron chi connectivity index (χ0n) is 5.68. The topological polar surface area (TPSA) is 60.2 Å². The van der Waals surface area contributed by atoms with Crippen LogP contribution in [0.4, 0.5) is 0 Å². The Balaban J connectivity index is 3.63. The van der Waals surface area contributed by atoms with E-state index in [2.05, 4.69) is 0 Å². The number of nitrogens with two attached hydrogens (primary N) is 1. The molecule has 0 aromatic heterocycles. The highest BCUT2D eigenvalue weighted by molar-refractivity contribution is 5.83. The summed E-state index contributed by atoms with van der Waals surface area (Å²) in [6.07, 6.45) is -0.965. The van der Waals surface area contributed by atoms with E-state index in [1.54, 1.807) is 0 Å². The second-order valence-corrected chi connectivity index (χ2v) is 1.57. The number of aldehydes is 1. The lowest BCUT2D eigenvalue weighted by molar-refractivity contribution is -0.120.